The second-order valence-corrected chi connectivity index (χ2v) is 6.28. The Bertz CT molecular complexity index is 1130. The first-order valence-electron chi connectivity index (χ1n) is 8.18. The van der Waals surface area contributed by atoms with Crippen LogP contribution in [0.1, 0.15) is 32.6 Å². The van der Waals surface area contributed by atoms with Gasteiger partial charge >= 0.3 is 11.7 Å². The van der Waals surface area contributed by atoms with Crippen molar-refractivity contribution in [2.45, 2.75) is 13.8 Å². The molecule has 0 radical (unpaired) electrons. The number of rotatable bonds is 2. The fourth-order valence-electron chi connectivity index (χ4n) is 3.49. The van der Waals surface area contributed by atoms with E-state index in [0.29, 0.717) is 16.7 Å². The summed E-state index contributed by atoms with van der Waals surface area (Å²) < 4.78 is 5.32. The van der Waals surface area contributed by atoms with E-state index in [1.54, 1.807) is 30.3 Å². The van der Waals surface area contributed by atoms with Crippen molar-refractivity contribution in [1.82, 2.24) is 0 Å². The van der Waals surface area contributed by atoms with Crippen LogP contribution in [0.3, 0.4) is 0 Å². The molecule has 0 aromatic heterocycles. The van der Waals surface area contributed by atoms with Crippen LogP contribution in [-0.2, 0) is 4.74 Å². The van der Waals surface area contributed by atoms with E-state index >= 15 is 0 Å². The van der Waals surface area contributed by atoms with E-state index in [-0.39, 0.29) is 11.5 Å². The number of nitrogens with zero attached hydrogens (tertiary/aromatic N) is 1. The third kappa shape index (κ3) is 2.29. The molecule has 0 aliphatic carbocycles. The van der Waals surface area contributed by atoms with Crippen molar-refractivity contribution in [3.8, 4) is 0 Å². The molecule has 128 valence electrons. The van der Waals surface area contributed by atoms with Crippen LogP contribution in [0.5, 0.6) is 0 Å². The van der Waals surface area contributed by atoms with Gasteiger partial charge in [-0.05, 0) is 47.9 Å². The Morgan fingerprint density at radius 3 is 2.27 bits per heavy atom. The molecule has 0 fully saturated rings. The zero-order chi connectivity index (χ0) is 18.4. The summed E-state index contributed by atoms with van der Waals surface area (Å²) >= 11 is 0. The minimum Gasteiger partial charge on any atom is -0.415 e. The Kier molecular flexibility index (Phi) is 3.58. The van der Waals surface area contributed by atoms with E-state index in [2.05, 4.69) is 0 Å². The molecule has 0 unspecified atom stereocenters. The predicted octanol–water partition coefficient (Wildman–Crippen LogP) is 4.73. The summed E-state index contributed by atoms with van der Waals surface area (Å²) in [5.41, 5.74) is 2.79. The SMILES string of the molecule is Cc1cc(/C(=C2\OC(=O)c3ccccc32)[N+](=O)[O-])c(C)c2ccccc12. The zero-order valence-electron chi connectivity index (χ0n) is 14.3. The quantitative estimate of drug-likeness (QED) is 0.382. The molecule has 0 atom stereocenters. The monoisotopic (exact) mass is 345 g/mol. The molecule has 1 aliphatic heterocycles. The number of esters is 1. The van der Waals surface area contributed by atoms with E-state index in [4.69, 9.17) is 4.74 Å². The van der Waals surface area contributed by atoms with Gasteiger partial charge in [0.15, 0.2) is 0 Å². The number of ether oxygens (including phenoxy) is 1. The molecule has 0 bridgehead atoms. The van der Waals surface area contributed by atoms with Crippen molar-refractivity contribution in [3.63, 3.8) is 0 Å². The molecule has 3 aromatic rings. The van der Waals surface area contributed by atoms with E-state index in [1.165, 1.54) is 0 Å². The molecule has 0 spiro atoms. The lowest BCUT2D eigenvalue weighted by molar-refractivity contribution is -0.375. The van der Waals surface area contributed by atoms with Gasteiger partial charge in [-0.2, -0.15) is 0 Å². The van der Waals surface area contributed by atoms with Gasteiger partial charge in [-0.3, -0.25) is 10.1 Å². The molecule has 5 heteroatoms. The number of hydrogen-bond acceptors (Lipinski definition) is 4. The average molecular weight is 345 g/mol. The maximum atomic E-state index is 12.1. The molecule has 5 nitrogen and oxygen atoms in total. The minimum absolute atomic E-state index is 0.00776. The maximum Gasteiger partial charge on any atom is 0.344 e. The van der Waals surface area contributed by atoms with Gasteiger partial charge in [0.05, 0.1) is 16.1 Å². The molecule has 1 aliphatic rings. The summed E-state index contributed by atoms with van der Waals surface area (Å²) in [5, 5.41) is 14.0. The van der Waals surface area contributed by atoms with Crippen LogP contribution in [0, 0.1) is 24.0 Å². The molecule has 1 heterocycles. The summed E-state index contributed by atoms with van der Waals surface area (Å²) in [7, 11) is 0. The topological polar surface area (TPSA) is 69.4 Å². The van der Waals surface area contributed by atoms with Gasteiger partial charge in [0.1, 0.15) is 0 Å². The highest BCUT2D eigenvalue weighted by Crippen LogP contribution is 2.38. The van der Waals surface area contributed by atoms with Crippen molar-refractivity contribution in [2.75, 3.05) is 0 Å². The molecule has 0 saturated heterocycles. The number of nitro groups is 1. The van der Waals surface area contributed by atoms with Crippen LogP contribution in [0.15, 0.2) is 54.6 Å². The number of fused-ring (bicyclic) bond motifs is 2. The van der Waals surface area contributed by atoms with E-state index in [0.717, 1.165) is 21.9 Å². The fraction of sp³-hybridized carbons (Fsp3) is 0.0952. The Morgan fingerprint density at radius 1 is 0.962 bits per heavy atom. The molecule has 26 heavy (non-hydrogen) atoms. The predicted molar refractivity (Wildman–Crippen MR) is 99.1 cm³/mol. The van der Waals surface area contributed by atoms with Gasteiger partial charge in [0.2, 0.25) is 5.76 Å². The molecule has 0 amide bonds. The third-order valence-electron chi connectivity index (χ3n) is 4.76. The van der Waals surface area contributed by atoms with E-state index < -0.39 is 10.9 Å². The summed E-state index contributed by atoms with van der Waals surface area (Å²) in [4.78, 5) is 23.6. The smallest absolute Gasteiger partial charge is 0.344 e. The van der Waals surface area contributed by atoms with Gasteiger partial charge in [-0.25, -0.2) is 4.79 Å². The van der Waals surface area contributed by atoms with Crippen molar-refractivity contribution in [2.24, 2.45) is 0 Å². The summed E-state index contributed by atoms with van der Waals surface area (Å²) in [6, 6.07) is 16.3. The van der Waals surface area contributed by atoms with Crippen LogP contribution in [0.25, 0.3) is 22.2 Å². The molecular weight excluding hydrogens is 330 g/mol. The Balaban J connectivity index is 2.07. The highest BCUT2D eigenvalue weighted by Gasteiger charge is 2.35. The first kappa shape index (κ1) is 16.0. The molecule has 0 saturated carbocycles. The minimum atomic E-state index is -0.565. The first-order valence-corrected chi connectivity index (χ1v) is 8.18. The maximum absolute atomic E-state index is 12.1. The number of carbonyl (C=O) groups is 1. The van der Waals surface area contributed by atoms with Gasteiger partial charge in [-0.15, -0.1) is 0 Å². The van der Waals surface area contributed by atoms with Gasteiger partial charge in [-0.1, -0.05) is 42.5 Å². The second-order valence-electron chi connectivity index (χ2n) is 6.28. The molecule has 3 aromatic carbocycles. The lowest BCUT2D eigenvalue weighted by Crippen LogP contribution is -2.05. The van der Waals surface area contributed by atoms with Crippen LogP contribution in [0.4, 0.5) is 0 Å². The second kappa shape index (κ2) is 5.81. The number of cyclic esters (lactones) is 1. The Morgan fingerprint density at radius 2 is 1.58 bits per heavy atom. The van der Waals surface area contributed by atoms with Crippen molar-refractivity contribution >= 4 is 28.2 Å². The lowest BCUT2D eigenvalue weighted by Gasteiger charge is -2.12. The standard InChI is InChI=1S/C21H15NO4/c1-12-11-18(13(2)15-8-4-3-7-14(12)15)19(22(24)25)20-16-9-5-6-10-17(16)21(23)26-20/h3-11H,1-2H3/b20-19+. The number of hydrogen-bond donors (Lipinski definition) is 0. The van der Waals surface area contributed by atoms with E-state index in [9.17, 15) is 14.9 Å². The van der Waals surface area contributed by atoms with Gasteiger partial charge in [0.25, 0.3) is 0 Å². The first-order chi connectivity index (χ1) is 12.5. The largest absolute Gasteiger partial charge is 0.415 e. The van der Waals surface area contributed by atoms with E-state index in [1.807, 2.05) is 38.1 Å². The summed E-state index contributed by atoms with van der Waals surface area (Å²) in [6.45, 7) is 3.77. The van der Waals surface area contributed by atoms with Crippen LogP contribution in [-0.4, -0.2) is 10.9 Å². The number of aryl methyl sites for hydroxylation is 2. The molecular formula is C21H15NO4. The van der Waals surface area contributed by atoms with Gasteiger partial charge < -0.3 is 4.74 Å². The van der Waals surface area contributed by atoms with Crippen molar-refractivity contribution < 1.29 is 14.5 Å². The zero-order valence-corrected chi connectivity index (χ0v) is 14.3. The van der Waals surface area contributed by atoms with Crippen LogP contribution < -0.4 is 0 Å². The molecule has 4 rings (SSSR count). The van der Waals surface area contributed by atoms with Crippen LogP contribution in [0.2, 0.25) is 0 Å². The number of benzene rings is 3. The highest BCUT2D eigenvalue weighted by atomic mass is 16.6. The lowest BCUT2D eigenvalue weighted by atomic mass is 9.93. The Labute approximate surface area is 149 Å². The van der Waals surface area contributed by atoms with Crippen LogP contribution >= 0.6 is 0 Å². The van der Waals surface area contributed by atoms with Crippen molar-refractivity contribution in [3.05, 3.63) is 92.5 Å². The average Bonchev–Trinajstić information content (AvgIpc) is 2.96. The Hall–Kier alpha value is -3.47. The third-order valence-corrected chi connectivity index (χ3v) is 4.76. The summed E-state index contributed by atoms with van der Waals surface area (Å²) in [5.74, 6) is -0.557. The molecule has 0 N–H and O–H groups in total. The fourth-order valence-corrected chi connectivity index (χ4v) is 3.49. The summed E-state index contributed by atoms with van der Waals surface area (Å²) in [6.07, 6.45) is 0. The number of carbonyl (C=O) groups excluding carboxylic acids is 1. The highest BCUT2D eigenvalue weighted by molar-refractivity contribution is 6.07. The normalized spacial score (nSPS) is 14.9. The van der Waals surface area contributed by atoms with Crippen molar-refractivity contribution in [1.29, 1.82) is 0 Å². The van der Waals surface area contributed by atoms with Gasteiger partial charge in [0, 0.05) is 5.56 Å².